The van der Waals surface area contributed by atoms with Crippen LogP contribution in [0, 0.1) is 11.8 Å². The molecular formula is C13H26N2. The third kappa shape index (κ3) is 2.73. The summed E-state index contributed by atoms with van der Waals surface area (Å²) < 4.78 is 0. The highest BCUT2D eigenvalue weighted by molar-refractivity contribution is 4.90. The van der Waals surface area contributed by atoms with Crippen LogP contribution in [0.2, 0.25) is 0 Å². The first-order valence-electron chi connectivity index (χ1n) is 6.69. The number of nitrogens with zero attached hydrogens (tertiary/aromatic N) is 1. The molecule has 1 saturated heterocycles. The minimum Gasteiger partial charge on any atom is -0.311 e. The van der Waals surface area contributed by atoms with Crippen molar-refractivity contribution in [2.75, 3.05) is 19.6 Å². The van der Waals surface area contributed by atoms with Crippen LogP contribution in [0.25, 0.3) is 0 Å². The SMILES string of the molecule is CCC(C)C1CN(C(C)C2CC2)CCN1. The van der Waals surface area contributed by atoms with E-state index in [1.807, 2.05) is 0 Å². The van der Waals surface area contributed by atoms with Gasteiger partial charge >= 0.3 is 0 Å². The van der Waals surface area contributed by atoms with Gasteiger partial charge < -0.3 is 5.32 Å². The summed E-state index contributed by atoms with van der Waals surface area (Å²) in [5.74, 6) is 1.83. The van der Waals surface area contributed by atoms with Gasteiger partial charge in [-0.3, -0.25) is 4.90 Å². The molecule has 2 nitrogen and oxygen atoms in total. The number of rotatable bonds is 4. The van der Waals surface area contributed by atoms with Gasteiger partial charge in [0.25, 0.3) is 0 Å². The normalized spacial score (nSPS) is 32.6. The van der Waals surface area contributed by atoms with Crippen LogP contribution in [0.4, 0.5) is 0 Å². The molecule has 2 heteroatoms. The van der Waals surface area contributed by atoms with Gasteiger partial charge in [0.15, 0.2) is 0 Å². The van der Waals surface area contributed by atoms with Crippen molar-refractivity contribution in [2.24, 2.45) is 11.8 Å². The van der Waals surface area contributed by atoms with E-state index in [0.717, 1.165) is 23.9 Å². The van der Waals surface area contributed by atoms with E-state index in [2.05, 4.69) is 31.0 Å². The maximum Gasteiger partial charge on any atom is 0.0221 e. The van der Waals surface area contributed by atoms with Crippen molar-refractivity contribution >= 4 is 0 Å². The van der Waals surface area contributed by atoms with E-state index in [9.17, 15) is 0 Å². The first-order chi connectivity index (χ1) is 7.22. The largest absolute Gasteiger partial charge is 0.311 e. The Labute approximate surface area is 94.4 Å². The van der Waals surface area contributed by atoms with Crippen LogP contribution in [0.15, 0.2) is 0 Å². The van der Waals surface area contributed by atoms with E-state index in [1.54, 1.807) is 0 Å². The van der Waals surface area contributed by atoms with Crippen LogP contribution in [-0.2, 0) is 0 Å². The molecule has 3 atom stereocenters. The number of piperazine rings is 1. The van der Waals surface area contributed by atoms with Crippen LogP contribution in [0.3, 0.4) is 0 Å². The van der Waals surface area contributed by atoms with E-state index in [-0.39, 0.29) is 0 Å². The van der Waals surface area contributed by atoms with E-state index in [1.165, 1.54) is 38.9 Å². The lowest BCUT2D eigenvalue weighted by atomic mass is 9.96. The van der Waals surface area contributed by atoms with Crippen LogP contribution in [0.1, 0.15) is 40.0 Å². The highest BCUT2D eigenvalue weighted by Gasteiger charge is 2.34. The second kappa shape index (κ2) is 4.84. The Morgan fingerprint density at radius 2 is 2.07 bits per heavy atom. The lowest BCUT2D eigenvalue weighted by Crippen LogP contribution is -2.55. The smallest absolute Gasteiger partial charge is 0.0221 e. The maximum atomic E-state index is 3.67. The van der Waals surface area contributed by atoms with Crippen molar-refractivity contribution in [2.45, 2.75) is 52.1 Å². The van der Waals surface area contributed by atoms with Crippen molar-refractivity contribution < 1.29 is 0 Å². The summed E-state index contributed by atoms with van der Waals surface area (Å²) >= 11 is 0. The molecule has 0 bridgehead atoms. The zero-order valence-electron chi connectivity index (χ0n) is 10.5. The second-order valence-electron chi connectivity index (χ2n) is 5.52. The van der Waals surface area contributed by atoms with Crippen molar-refractivity contribution in [3.63, 3.8) is 0 Å². The molecule has 88 valence electrons. The molecule has 0 aromatic carbocycles. The van der Waals surface area contributed by atoms with Crippen LogP contribution < -0.4 is 5.32 Å². The van der Waals surface area contributed by atoms with E-state index < -0.39 is 0 Å². The predicted octanol–water partition coefficient (Wildman–Crippen LogP) is 2.10. The van der Waals surface area contributed by atoms with Gasteiger partial charge in [0, 0.05) is 31.7 Å². The van der Waals surface area contributed by atoms with Gasteiger partial charge in [0.1, 0.15) is 0 Å². The average molecular weight is 210 g/mol. The van der Waals surface area contributed by atoms with Gasteiger partial charge in [0.05, 0.1) is 0 Å². The topological polar surface area (TPSA) is 15.3 Å². The summed E-state index contributed by atoms with van der Waals surface area (Å²) in [7, 11) is 0. The van der Waals surface area contributed by atoms with Crippen LogP contribution >= 0.6 is 0 Å². The average Bonchev–Trinajstić information content (AvgIpc) is 3.11. The van der Waals surface area contributed by atoms with E-state index >= 15 is 0 Å². The summed E-state index contributed by atoms with van der Waals surface area (Å²) in [6, 6.07) is 1.56. The van der Waals surface area contributed by atoms with Gasteiger partial charge in [-0.1, -0.05) is 20.3 Å². The van der Waals surface area contributed by atoms with Gasteiger partial charge in [-0.25, -0.2) is 0 Å². The Kier molecular flexibility index (Phi) is 3.68. The Bertz CT molecular complexity index is 201. The fraction of sp³-hybridized carbons (Fsp3) is 1.00. The maximum absolute atomic E-state index is 3.67. The van der Waals surface area contributed by atoms with Gasteiger partial charge in [-0.05, 0) is 31.6 Å². The molecule has 1 heterocycles. The zero-order chi connectivity index (χ0) is 10.8. The quantitative estimate of drug-likeness (QED) is 0.764. The molecule has 0 radical (unpaired) electrons. The number of hydrogen-bond donors (Lipinski definition) is 1. The minimum absolute atomic E-state index is 0.727. The lowest BCUT2D eigenvalue weighted by Gasteiger charge is -2.40. The Hall–Kier alpha value is -0.0800. The highest BCUT2D eigenvalue weighted by atomic mass is 15.2. The summed E-state index contributed by atoms with van der Waals surface area (Å²) in [6.07, 6.45) is 4.24. The molecule has 0 aromatic rings. The predicted molar refractivity (Wildman–Crippen MR) is 65.0 cm³/mol. The third-order valence-electron chi connectivity index (χ3n) is 4.45. The first-order valence-corrected chi connectivity index (χ1v) is 6.69. The standard InChI is InChI=1S/C13H26N2/c1-4-10(2)13-9-15(8-7-14-13)11(3)12-5-6-12/h10-14H,4-9H2,1-3H3. The summed E-state index contributed by atoms with van der Waals surface area (Å²) in [6.45, 7) is 10.8. The Balaban J connectivity index is 1.85. The molecule has 1 saturated carbocycles. The molecule has 3 unspecified atom stereocenters. The fourth-order valence-corrected chi connectivity index (χ4v) is 2.71. The number of hydrogen-bond acceptors (Lipinski definition) is 2. The summed E-state index contributed by atoms with van der Waals surface area (Å²) in [4.78, 5) is 2.71. The second-order valence-corrected chi connectivity index (χ2v) is 5.52. The van der Waals surface area contributed by atoms with Gasteiger partial charge in [-0.15, -0.1) is 0 Å². The highest BCUT2D eigenvalue weighted by Crippen LogP contribution is 2.35. The van der Waals surface area contributed by atoms with Gasteiger partial charge in [-0.2, -0.15) is 0 Å². The third-order valence-corrected chi connectivity index (χ3v) is 4.45. The number of nitrogens with one attached hydrogen (secondary N) is 1. The van der Waals surface area contributed by atoms with Crippen LogP contribution in [-0.4, -0.2) is 36.6 Å². The van der Waals surface area contributed by atoms with Crippen molar-refractivity contribution in [1.29, 1.82) is 0 Å². The first kappa shape index (κ1) is 11.4. The molecule has 0 aromatic heterocycles. The zero-order valence-corrected chi connectivity index (χ0v) is 10.5. The van der Waals surface area contributed by atoms with Gasteiger partial charge in [0.2, 0.25) is 0 Å². The monoisotopic (exact) mass is 210 g/mol. The molecule has 2 aliphatic rings. The summed E-state index contributed by atoms with van der Waals surface area (Å²) in [5, 5.41) is 3.67. The molecule has 1 N–H and O–H groups in total. The van der Waals surface area contributed by atoms with Crippen LogP contribution in [0.5, 0.6) is 0 Å². The lowest BCUT2D eigenvalue weighted by molar-refractivity contribution is 0.119. The molecule has 0 amide bonds. The molecular weight excluding hydrogens is 184 g/mol. The molecule has 1 aliphatic heterocycles. The van der Waals surface area contributed by atoms with E-state index in [0.29, 0.717) is 0 Å². The Morgan fingerprint density at radius 1 is 1.33 bits per heavy atom. The minimum atomic E-state index is 0.727. The Morgan fingerprint density at radius 3 is 2.67 bits per heavy atom. The fourth-order valence-electron chi connectivity index (χ4n) is 2.71. The molecule has 2 fully saturated rings. The van der Waals surface area contributed by atoms with Crippen molar-refractivity contribution in [3.05, 3.63) is 0 Å². The van der Waals surface area contributed by atoms with Crippen molar-refractivity contribution in [1.82, 2.24) is 10.2 Å². The van der Waals surface area contributed by atoms with E-state index in [4.69, 9.17) is 0 Å². The molecule has 15 heavy (non-hydrogen) atoms. The molecule has 2 rings (SSSR count). The molecule has 0 spiro atoms. The van der Waals surface area contributed by atoms with Crippen molar-refractivity contribution in [3.8, 4) is 0 Å². The molecule has 1 aliphatic carbocycles. The summed E-state index contributed by atoms with van der Waals surface area (Å²) in [5.41, 5.74) is 0.